The van der Waals surface area contributed by atoms with E-state index in [0.717, 1.165) is 29.9 Å². The molecule has 0 saturated carbocycles. The molecule has 1 aliphatic heterocycles. The number of hydrogen-bond acceptors (Lipinski definition) is 5. The van der Waals surface area contributed by atoms with Gasteiger partial charge in [0.2, 0.25) is 10.0 Å². The van der Waals surface area contributed by atoms with Crippen molar-refractivity contribution in [2.75, 3.05) is 12.3 Å². The third-order valence-corrected chi connectivity index (χ3v) is 7.31. The van der Waals surface area contributed by atoms with Crippen LogP contribution in [0.3, 0.4) is 0 Å². The summed E-state index contributed by atoms with van der Waals surface area (Å²) >= 11 is 2.82. The summed E-state index contributed by atoms with van der Waals surface area (Å²) in [6.45, 7) is 2.53. The first-order valence-electron chi connectivity index (χ1n) is 5.59. The standard InChI is InChI=1S/C11H14N2O2S3/c1-11(5-2-6-16-11)8-13-18(14,15)10-4-3-9(7-12)17-10/h3-4,13H,2,5-6,8H2,1H3. The maximum Gasteiger partial charge on any atom is 0.250 e. The van der Waals surface area contributed by atoms with Crippen molar-refractivity contribution in [2.45, 2.75) is 28.7 Å². The monoisotopic (exact) mass is 302 g/mol. The van der Waals surface area contributed by atoms with Crippen molar-refractivity contribution in [1.82, 2.24) is 4.72 Å². The summed E-state index contributed by atoms with van der Waals surface area (Å²) in [6, 6.07) is 4.96. The van der Waals surface area contributed by atoms with E-state index in [-0.39, 0.29) is 8.96 Å². The Morgan fingerprint density at radius 3 is 2.89 bits per heavy atom. The predicted molar refractivity (Wildman–Crippen MR) is 74.3 cm³/mol. The molecule has 0 spiro atoms. The molecule has 0 aromatic carbocycles. The molecule has 1 saturated heterocycles. The van der Waals surface area contributed by atoms with E-state index < -0.39 is 10.0 Å². The summed E-state index contributed by atoms with van der Waals surface area (Å²) in [6.07, 6.45) is 2.18. The van der Waals surface area contributed by atoms with E-state index >= 15 is 0 Å². The molecule has 1 aromatic heterocycles. The average Bonchev–Trinajstić information content (AvgIpc) is 2.96. The van der Waals surface area contributed by atoms with Crippen molar-refractivity contribution < 1.29 is 8.42 Å². The van der Waals surface area contributed by atoms with Gasteiger partial charge in [-0.2, -0.15) is 17.0 Å². The largest absolute Gasteiger partial charge is 0.250 e. The van der Waals surface area contributed by atoms with Crippen LogP contribution >= 0.6 is 23.1 Å². The molecule has 18 heavy (non-hydrogen) atoms. The Morgan fingerprint density at radius 1 is 1.56 bits per heavy atom. The Hall–Kier alpha value is -0.550. The maximum atomic E-state index is 12.0. The zero-order chi connectivity index (χ0) is 13.2. The van der Waals surface area contributed by atoms with E-state index in [0.29, 0.717) is 11.4 Å². The topological polar surface area (TPSA) is 70.0 Å². The zero-order valence-electron chi connectivity index (χ0n) is 9.97. The summed E-state index contributed by atoms with van der Waals surface area (Å²) in [5.41, 5.74) is 0. The molecule has 2 rings (SSSR count). The number of sulfonamides is 1. The lowest BCUT2D eigenvalue weighted by molar-refractivity contribution is 0.554. The molecule has 0 radical (unpaired) electrons. The van der Waals surface area contributed by atoms with Gasteiger partial charge in [0.25, 0.3) is 0 Å². The van der Waals surface area contributed by atoms with E-state index in [1.165, 1.54) is 12.1 Å². The van der Waals surface area contributed by atoms with Crippen LogP contribution in [0, 0.1) is 11.3 Å². The van der Waals surface area contributed by atoms with Crippen LogP contribution in [0.2, 0.25) is 0 Å². The van der Waals surface area contributed by atoms with E-state index in [1.54, 1.807) is 0 Å². The van der Waals surface area contributed by atoms with Gasteiger partial charge in [-0.25, -0.2) is 13.1 Å². The van der Waals surface area contributed by atoms with E-state index in [1.807, 2.05) is 17.8 Å². The minimum Gasteiger partial charge on any atom is -0.209 e. The summed E-state index contributed by atoms with van der Waals surface area (Å²) in [7, 11) is -3.47. The number of thioether (sulfide) groups is 1. The number of nitrogens with zero attached hydrogens (tertiary/aromatic N) is 1. The molecule has 1 atom stereocenters. The molecule has 2 heterocycles. The Labute approximate surface area is 115 Å². The number of thiophene rings is 1. The summed E-state index contributed by atoms with van der Waals surface area (Å²) in [5.74, 6) is 1.09. The van der Waals surface area contributed by atoms with Gasteiger partial charge in [-0.05, 0) is 37.7 Å². The highest BCUT2D eigenvalue weighted by molar-refractivity contribution is 8.01. The van der Waals surface area contributed by atoms with Crippen LogP contribution in [0.4, 0.5) is 0 Å². The number of nitrogens with one attached hydrogen (secondary N) is 1. The fraction of sp³-hybridized carbons (Fsp3) is 0.545. The van der Waals surface area contributed by atoms with Crippen LogP contribution in [-0.4, -0.2) is 25.5 Å². The van der Waals surface area contributed by atoms with Crippen LogP contribution in [0.15, 0.2) is 16.3 Å². The molecule has 1 unspecified atom stereocenters. The first kappa shape index (κ1) is 13.9. The third-order valence-electron chi connectivity index (χ3n) is 2.89. The van der Waals surface area contributed by atoms with Crippen LogP contribution < -0.4 is 4.72 Å². The second-order valence-corrected chi connectivity index (χ2v) is 9.22. The zero-order valence-corrected chi connectivity index (χ0v) is 12.4. The van der Waals surface area contributed by atoms with Gasteiger partial charge in [0.05, 0.1) is 0 Å². The van der Waals surface area contributed by atoms with Crippen LogP contribution in [-0.2, 0) is 10.0 Å². The molecule has 1 fully saturated rings. The van der Waals surface area contributed by atoms with Gasteiger partial charge in [0.1, 0.15) is 15.2 Å². The minimum absolute atomic E-state index is 0.00237. The first-order valence-corrected chi connectivity index (χ1v) is 8.87. The van der Waals surface area contributed by atoms with Gasteiger partial charge in [0.15, 0.2) is 0 Å². The lowest BCUT2D eigenvalue weighted by Crippen LogP contribution is -2.36. The van der Waals surface area contributed by atoms with Gasteiger partial charge in [-0.15, -0.1) is 11.3 Å². The quantitative estimate of drug-likeness (QED) is 0.925. The second-order valence-electron chi connectivity index (χ2n) is 4.46. The summed E-state index contributed by atoms with van der Waals surface area (Å²) in [5, 5.41) is 8.70. The smallest absolute Gasteiger partial charge is 0.209 e. The highest BCUT2D eigenvalue weighted by Gasteiger charge is 2.31. The van der Waals surface area contributed by atoms with Crippen molar-refractivity contribution >= 4 is 33.1 Å². The SMILES string of the molecule is CC1(CNS(=O)(=O)c2ccc(C#N)s2)CCCS1. The molecule has 0 aliphatic carbocycles. The van der Waals surface area contributed by atoms with Gasteiger partial charge in [0, 0.05) is 11.3 Å². The lowest BCUT2D eigenvalue weighted by atomic mass is 10.1. The maximum absolute atomic E-state index is 12.0. The fourth-order valence-corrected chi connectivity index (χ4v) is 5.47. The number of hydrogen-bond donors (Lipinski definition) is 1. The van der Waals surface area contributed by atoms with Crippen molar-refractivity contribution in [1.29, 1.82) is 5.26 Å². The van der Waals surface area contributed by atoms with Gasteiger partial charge < -0.3 is 0 Å². The highest BCUT2D eigenvalue weighted by Crippen LogP contribution is 2.37. The lowest BCUT2D eigenvalue weighted by Gasteiger charge is -2.22. The molecule has 98 valence electrons. The Morgan fingerprint density at radius 2 is 2.33 bits per heavy atom. The fourth-order valence-electron chi connectivity index (χ4n) is 1.82. The van der Waals surface area contributed by atoms with E-state index in [2.05, 4.69) is 11.6 Å². The molecular weight excluding hydrogens is 288 g/mol. The molecule has 4 nitrogen and oxygen atoms in total. The van der Waals surface area contributed by atoms with Crippen molar-refractivity contribution in [3.05, 3.63) is 17.0 Å². The van der Waals surface area contributed by atoms with Gasteiger partial charge in [-0.3, -0.25) is 0 Å². The molecule has 1 aliphatic rings. The van der Waals surface area contributed by atoms with Gasteiger partial charge >= 0.3 is 0 Å². The summed E-state index contributed by atoms with van der Waals surface area (Å²) in [4.78, 5) is 0.414. The van der Waals surface area contributed by atoms with Crippen molar-refractivity contribution in [3.63, 3.8) is 0 Å². The third kappa shape index (κ3) is 3.06. The minimum atomic E-state index is -3.47. The molecule has 7 heteroatoms. The van der Waals surface area contributed by atoms with Crippen LogP contribution in [0.1, 0.15) is 24.6 Å². The molecule has 0 amide bonds. The van der Waals surface area contributed by atoms with Crippen LogP contribution in [0.5, 0.6) is 0 Å². The predicted octanol–water partition coefficient (Wildman–Crippen LogP) is 2.18. The van der Waals surface area contributed by atoms with Crippen LogP contribution in [0.25, 0.3) is 0 Å². The number of nitriles is 1. The Bertz CT molecular complexity index is 565. The molecule has 1 N–H and O–H groups in total. The van der Waals surface area contributed by atoms with Crippen molar-refractivity contribution in [2.24, 2.45) is 0 Å². The van der Waals surface area contributed by atoms with E-state index in [4.69, 9.17) is 5.26 Å². The molecule has 1 aromatic rings. The second kappa shape index (κ2) is 5.21. The first-order chi connectivity index (χ1) is 8.45. The van der Waals surface area contributed by atoms with Crippen molar-refractivity contribution in [3.8, 4) is 6.07 Å². The normalized spacial score (nSPS) is 24.0. The Balaban J connectivity index is 2.06. The summed E-state index contributed by atoms with van der Waals surface area (Å²) < 4.78 is 26.9. The Kier molecular flexibility index (Phi) is 4.02. The highest BCUT2D eigenvalue weighted by atomic mass is 32.2. The van der Waals surface area contributed by atoms with Gasteiger partial charge in [-0.1, -0.05) is 0 Å². The molecular formula is C11H14N2O2S3. The van der Waals surface area contributed by atoms with E-state index in [9.17, 15) is 8.42 Å². The number of rotatable bonds is 4. The molecule has 0 bridgehead atoms. The average molecular weight is 302 g/mol.